The van der Waals surface area contributed by atoms with E-state index in [4.69, 9.17) is 10.1 Å². The number of hydrogen-bond acceptors (Lipinski definition) is 2. The minimum absolute atomic E-state index is 0. The number of nitrogens with one attached hydrogen (secondary N) is 2. The van der Waals surface area contributed by atoms with Gasteiger partial charge in [-0.3, -0.25) is 4.68 Å². The number of rotatable bonds is 5. The number of halogens is 1. The zero-order valence-corrected chi connectivity index (χ0v) is 19.2. The summed E-state index contributed by atoms with van der Waals surface area (Å²) in [7, 11) is 0. The molecule has 0 bridgehead atoms. The largest absolute Gasteiger partial charge is 0.357 e. The van der Waals surface area contributed by atoms with Gasteiger partial charge in [0.2, 0.25) is 0 Å². The van der Waals surface area contributed by atoms with Crippen LogP contribution in [0.3, 0.4) is 0 Å². The van der Waals surface area contributed by atoms with Crippen LogP contribution in [0.1, 0.15) is 55.6 Å². The van der Waals surface area contributed by atoms with Gasteiger partial charge in [0.15, 0.2) is 5.96 Å². The number of benzene rings is 1. The highest BCUT2D eigenvalue weighted by Gasteiger charge is 2.23. The number of aryl methyl sites for hydroxylation is 2. The lowest BCUT2D eigenvalue weighted by atomic mass is 9.94. The monoisotopic (exact) mass is 481 g/mol. The second-order valence-electron chi connectivity index (χ2n) is 7.38. The number of guanidine groups is 1. The maximum atomic E-state index is 4.80. The molecule has 3 rings (SSSR count). The molecule has 148 valence electrons. The smallest absolute Gasteiger partial charge is 0.191 e. The molecule has 0 fully saturated rings. The number of fused-ring (bicyclic) bond motifs is 1. The second kappa shape index (κ2) is 10.1. The van der Waals surface area contributed by atoms with E-state index in [0.717, 1.165) is 31.8 Å². The molecule has 2 aromatic rings. The van der Waals surface area contributed by atoms with Crippen LogP contribution >= 0.6 is 24.0 Å². The predicted octanol–water partition coefficient (Wildman–Crippen LogP) is 4.00. The Morgan fingerprint density at radius 3 is 2.81 bits per heavy atom. The first-order chi connectivity index (χ1) is 12.6. The van der Waals surface area contributed by atoms with Crippen LogP contribution in [0, 0.1) is 6.92 Å². The van der Waals surface area contributed by atoms with Gasteiger partial charge in [-0.05, 0) is 57.2 Å². The van der Waals surface area contributed by atoms with Crippen molar-refractivity contribution < 1.29 is 0 Å². The van der Waals surface area contributed by atoms with Crippen molar-refractivity contribution in [2.24, 2.45) is 4.99 Å². The van der Waals surface area contributed by atoms with Crippen molar-refractivity contribution in [1.82, 2.24) is 20.4 Å². The molecule has 2 N–H and O–H groups in total. The van der Waals surface area contributed by atoms with E-state index in [9.17, 15) is 0 Å². The minimum Gasteiger partial charge on any atom is -0.357 e. The molecule has 5 nitrogen and oxygen atoms in total. The van der Waals surface area contributed by atoms with Gasteiger partial charge < -0.3 is 10.6 Å². The maximum Gasteiger partial charge on any atom is 0.191 e. The summed E-state index contributed by atoms with van der Waals surface area (Å²) in [5.74, 6) is 0.896. The molecule has 1 unspecified atom stereocenters. The topological polar surface area (TPSA) is 54.2 Å². The molecule has 1 atom stereocenters. The lowest BCUT2D eigenvalue weighted by molar-refractivity contribution is 0.499. The van der Waals surface area contributed by atoms with E-state index in [2.05, 4.69) is 73.5 Å². The van der Waals surface area contributed by atoms with E-state index >= 15 is 0 Å². The van der Waals surface area contributed by atoms with E-state index in [0.29, 0.717) is 18.6 Å². The highest BCUT2D eigenvalue weighted by Crippen LogP contribution is 2.21. The summed E-state index contributed by atoms with van der Waals surface area (Å²) in [6, 6.07) is 9.23. The summed E-state index contributed by atoms with van der Waals surface area (Å²) in [6.07, 6.45) is 5.38. The van der Waals surface area contributed by atoms with Gasteiger partial charge in [-0.25, -0.2) is 4.99 Å². The van der Waals surface area contributed by atoms with Crippen molar-refractivity contribution >= 4 is 29.9 Å². The van der Waals surface area contributed by atoms with E-state index in [-0.39, 0.29) is 24.0 Å². The van der Waals surface area contributed by atoms with Gasteiger partial charge in [0, 0.05) is 31.2 Å². The van der Waals surface area contributed by atoms with Crippen LogP contribution < -0.4 is 10.6 Å². The summed E-state index contributed by atoms with van der Waals surface area (Å²) in [5.41, 5.74) is 5.19. The van der Waals surface area contributed by atoms with Gasteiger partial charge in [0.25, 0.3) is 0 Å². The van der Waals surface area contributed by atoms with Crippen LogP contribution in [-0.2, 0) is 19.4 Å². The fraction of sp³-hybridized carbons (Fsp3) is 0.524. The Labute approximate surface area is 180 Å². The molecule has 0 radical (unpaired) electrons. The van der Waals surface area contributed by atoms with Gasteiger partial charge in [-0.15, -0.1) is 24.0 Å². The van der Waals surface area contributed by atoms with Crippen molar-refractivity contribution in [3.63, 3.8) is 0 Å². The van der Waals surface area contributed by atoms with Crippen LogP contribution in [0.2, 0.25) is 0 Å². The Kier molecular flexibility index (Phi) is 8.13. The van der Waals surface area contributed by atoms with Crippen LogP contribution in [-0.4, -0.2) is 28.3 Å². The zero-order valence-electron chi connectivity index (χ0n) is 16.8. The Balaban J connectivity index is 0.00000261. The number of hydrogen-bond donors (Lipinski definition) is 2. The van der Waals surface area contributed by atoms with Crippen LogP contribution in [0.5, 0.6) is 0 Å². The fourth-order valence-electron chi connectivity index (χ4n) is 3.37. The van der Waals surface area contributed by atoms with Gasteiger partial charge >= 0.3 is 0 Å². The lowest BCUT2D eigenvalue weighted by Crippen LogP contribution is -2.45. The molecule has 6 heteroatoms. The molecular formula is C21H32IN5. The van der Waals surface area contributed by atoms with Crippen molar-refractivity contribution in [1.29, 1.82) is 0 Å². The Morgan fingerprint density at radius 1 is 1.33 bits per heavy atom. The number of nitrogens with zero attached hydrogens (tertiary/aromatic N) is 3. The molecule has 0 aliphatic heterocycles. The molecule has 0 amide bonds. The average molecular weight is 481 g/mol. The Hall–Kier alpha value is -1.57. The first kappa shape index (κ1) is 21.7. The van der Waals surface area contributed by atoms with E-state index in [1.165, 1.54) is 22.4 Å². The molecular weight excluding hydrogens is 449 g/mol. The molecule has 27 heavy (non-hydrogen) atoms. The number of aliphatic imine (C=N–C) groups is 1. The van der Waals surface area contributed by atoms with E-state index in [1.807, 2.05) is 0 Å². The van der Waals surface area contributed by atoms with Crippen LogP contribution in [0.4, 0.5) is 0 Å². The Bertz CT molecular complexity index is 766. The standard InChI is InChI=1S/C21H31N5.HI/c1-5-22-21(23-13-17-9-7-6-8-16(17)4)24-19-11-10-18-14-26(15(2)3)25-20(18)12-19;/h6-9,14-15,19H,5,10-13H2,1-4H3,(H2,22,23,24);1H. The third-order valence-corrected chi connectivity index (χ3v) is 4.98. The van der Waals surface area contributed by atoms with Crippen molar-refractivity contribution in [3.05, 3.63) is 52.8 Å². The van der Waals surface area contributed by atoms with Crippen LogP contribution in [0.25, 0.3) is 0 Å². The minimum atomic E-state index is 0. The van der Waals surface area contributed by atoms with Gasteiger partial charge in [-0.2, -0.15) is 5.10 Å². The van der Waals surface area contributed by atoms with Gasteiger partial charge in [0.05, 0.1) is 12.2 Å². The molecule has 0 saturated carbocycles. The highest BCUT2D eigenvalue weighted by atomic mass is 127. The average Bonchev–Trinajstić information content (AvgIpc) is 3.05. The first-order valence-corrected chi connectivity index (χ1v) is 9.73. The second-order valence-corrected chi connectivity index (χ2v) is 7.38. The molecule has 1 aliphatic rings. The van der Waals surface area contributed by atoms with Crippen molar-refractivity contribution in [2.45, 2.75) is 65.6 Å². The summed E-state index contributed by atoms with van der Waals surface area (Å²) in [5, 5.41) is 11.8. The SMILES string of the molecule is CCNC(=NCc1ccccc1C)NC1CCc2cn(C(C)C)nc2C1.I. The van der Waals surface area contributed by atoms with E-state index in [1.54, 1.807) is 0 Å². The number of aromatic nitrogens is 2. The van der Waals surface area contributed by atoms with E-state index < -0.39 is 0 Å². The van der Waals surface area contributed by atoms with Crippen molar-refractivity contribution in [2.75, 3.05) is 6.54 Å². The zero-order chi connectivity index (χ0) is 18.5. The molecule has 0 saturated heterocycles. The van der Waals surface area contributed by atoms with Crippen LogP contribution in [0.15, 0.2) is 35.5 Å². The predicted molar refractivity (Wildman–Crippen MR) is 123 cm³/mol. The molecule has 1 aromatic heterocycles. The summed E-state index contributed by atoms with van der Waals surface area (Å²) in [4.78, 5) is 4.80. The van der Waals surface area contributed by atoms with Gasteiger partial charge in [0.1, 0.15) is 0 Å². The normalized spacial score (nSPS) is 16.6. The first-order valence-electron chi connectivity index (χ1n) is 9.73. The van der Waals surface area contributed by atoms with Gasteiger partial charge in [-0.1, -0.05) is 24.3 Å². The molecule has 0 spiro atoms. The molecule has 1 aliphatic carbocycles. The summed E-state index contributed by atoms with van der Waals surface area (Å²) < 4.78 is 2.09. The molecule has 1 heterocycles. The summed E-state index contributed by atoms with van der Waals surface area (Å²) >= 11 is 0. The highest BCUT2D eigenvalue weighted by molar-refractivity contribution is 14.0. The quantitative estimate of drug-likeness (QED) is 0.386. The maximum absolute atomic E-state index is 4.80. The fourth-order valence-corrected chi connectivity index (χ4v) is 3.37. The third kappa shape index (κ3) is 5.70. The lowest BCUT2D eigenvalue weighted by Gasteiger charge is -2.24. The summed E-state index contributed by atoms with van der Waals surface area (Å²) in [6.45, 7) is 10.2. The van der Waals surface area contributed by atoms with Crippen molar-refractivity contribution in [3.8, 4) is 0 Å². The third-order valence-electron chi connectivity index (χ3n) is 4.98. The molecule has 1 aromatic carbocycles. The Morgan fingerprint density at radius 2 is 2.11 bits per heavy atom.